The molecule has 0 aromatic heterocycles. The topological polar surface area (TPSA) is 35.0 Å². The molecule has 0 fully saturated rings. The number of hydrogen-bond donors (Lipinski definition) is 1. The van der Waals surface area contributed by atoms with Crippen molar-refractivity contribution in [1.29, 1.82) is 0 Å². The van der Waals surface area contributed by atoms with Crippen LogP contribution in [-0.4, -0.2) is 0 Å². The predicted octanol–water partition coefficient (Wildman–Crippen LogP) is 7.44. The highest BCUT2D eigenvalue weighted by Crippen LogP contribution is 2.16. The van der Waals surface area contributed by atoms with Gasteiger partial charge in [-0.3, -0.25) is 0 Å². The highest BCUT2D eigenvalue weighted by atomic mass is 35.5. The van der Waals surface area contributed by atoms with Crippen molar-refractivity contribution in [2.75, 3.05) is 0 Å². The molecular formula is C20H36ClN. The van der Waals surface area contributed by atoms with Crippen molar-refractivity contribution in [2.45, 2.75) is 89.9 Å². The van der Waals surface area contributed by atoms with Gasteiger partial charge in [-0.25, -0.2) is 0 Å². The van der Waals surface area contributed by atoms with Crippen LogP contribution in [0.25, 0.3) is 0 Å². The largest absolute Gasteiger partial charge is 0.344 e. The fourth-order valence-electron chi connectivity index (χ4n) is 2.91. The Morgan fingerprint density at radius 2 is 1.14 bits per heavy atom. The normalized spacial score (nSPS) is 10.5. The quantitative estimate of drug-likeness (QED) is 0.297. The van der Waals surface area contributed by atoms with Gasteiger partial charge in [0.05, 0.1) is 0 Å². The van der Waals surface area contributed by atoms with E-state index in [0.717, 1.165) is 0 Å². The van der Waals surface area contributed by atoms with E-state index < -0.39 is 0 Å². The van der Waals surface area contributed by atoms with Gasteiger partial charge in [0, 0.05) is 5.88 Å². The lowest BCUT2D eigenvalue weighted by Crippen LogP contribution is -1.92. The van der Waals surface area contributed by atoms with Crippen LogP contribution in [0.2, 0.25) is 0 Å². The molecule has 0 aliphatic rings. The molecule has 1 aromatic rings. The molecule has 3 N–H and O–H groups in total. The lowest BCUT2D eigenvalue weighted by atomic mass is 10.0. The van der Waals surface area contributed by atoms with Crippen LogP contribution >= 0.6 is 11.6 Å². The lowest BCUT2D eigenvalue weighted by Gasteiger charge is -2.06. The maximum absolute atomic E-state index is 5.97. The van der Waals surface area contributed by atoms with E-state index >= 15 is 0 Å². The minimum atomic E-state index is 0. The van der Waals surface area contributed by atoms with Crippen molar-refractivity contribution in [3.63, 3.8) is 0 Å². The van der Waals surface area contributed by atoms with Gasteiger partial charge in [-0.05, 0) is 24.0 Å². The van der Waals surface area contributed by atoms with E-state index in [-0.39, 0.29) is 6.15 Å². The summed E-state index contributed by atoms with van der Waals surface area (Å²) in [5.41, 5.74) is 2.76. The zero-order valence-corrected chi connectivity index (χ0v) is 15.3. The van der Waals surface area contributed by atoms with Crippen LogP contribution < -0.4 is 6.15 Å². The molecule has 1 nitrogen and oxygen atoms in total. The van der Waals surface area contributed by atoms with E-state index in [1.54, 1.807) is 0 Å². The minimum absolute atomic E-state index is 0. The summed E-state index contributed by atoms with van der Waals surface area (Å²) in [6, 6.07) is 8.60. The summed E-state index contributed by atoms with van der Waals surface area (Å²) in [7, 11) is 0. The second kappa shape index (κ2) is 15.4. The molecule has 0 radical (unpaired) electrons. The Hall–Kier alpha value is -0.530. The van der Waals surface area contributed by atoms with Crippen LogP contribution in [0.15, 0.2) is 24.3 Å². The summed E-state index contributed by atoms with van der Waals surface area (Å²) in [4.78, 5) is 0. The molecule has 0 amide bonds. The van der Waals surface area contributed by atoms with E-state index in [2.05, 4.69) is 31.2 Å². The molecule has 0 unspecified atom stereocenters. The molecule has 0 spiro atoms. The second-order valence-corrected chi connectivity index (χ2v) is 6.46. The first-order chi connectivity index (χ1) is 10.4. The molecule has 0 heterocycles. The van der Waals surface area contributed by atoms with Gasteiger partial charge < -0.3 is 6.15 Å². The standard InChI is InChI=1S/C20H33Cl.H3N/c1-2-3-4-5-6-7-8-9-10-11-12-15-19-16-13-14-17-20(19)18-21;/h13-14,16-17H,2-12,15,18H2,1H3;1H3. The summed E-state index contributed by atoms with van der Waals surface area (Å²) in [6.45, 7) is 2.28. The third kappa shape index (κ3) is 10.2. The summed E-state index contributed by atoms with van der Waals surface area (Å²) in [6.07, 6.45) is 16.7. The van der Waals surface area contributed by atoms with Crippen LogP contribution in [0.3, 0.4) is 0 Å². The average Bonchev–Trinajstić information content (AvgIpc) is 2.53. The van der Waals surface area contributed by atoms with Gasteiger partial charge >= 0.3 is 0 Å². The van der Waals surface area contributed by atoms with Crippen LogP contribution in [0.1, 0.15) is 88.7 Å². The van der Waals surface area contributed by atoms with Crippen LogP contribution in [0.4, 0.5) is 0 Å². The number of aryl methyl sites for hydroxylation is 1. The molecule has 1 aromatic carbocycles. The Kier molecular flexibility index (Phi) is 15.0. The maximum atomic E-state index is 5.97. The Balaban J connectivity index is 0.00000441. The van der Waals surface area contributed by atoms with E-state index in [1.165, 1.54) is 88.2 Å². The first kappa shape index (κ1) is 21.5. The number of hydrogen-bond acceptors (Lipinski definition) is 1. The van der Waals surface area contributed by atoms with Gasteiger partial charge in [-0.15, -0.1) is 11.6 Å². The smallest absolute Gasteiger partial charge is 0.0476 e. The number of halogens is 1. The zero-order valence-electron chi connectivity index (χ0n) is 14.6. The summed E-state index contributed by atoms with van der Waals surface area (Å²) >= 11 is 5.97. The Morgan fingerprint density at radius 3 is 1.64 bits per heavy atom. The molecule has 0 saturated heterocycles. The monoisotopic (exact) mass is 325 g/mol. The van der Waals surface area contributed by atoms with E-state index in [9.17, 15) is 0 Å². The molecule has 22 heavy (non-hydrogen) atoms. The number of rotatable bonds is 13. The molecule has 0 aliphatic heterocycles. The molecule has 0 aliphatic carbocycles. The summed E-state index contributed by atoms with van der Waals surface area (Å²) in [5, 5.41) is 0. The fraction of sp³-hybridized carbons (Fsp3) is 0.700. The summed E-state index contributed by atoms with van der Waals surface area (Å²) < 4.78 is 0. The molecule has 0 bridgehead atoms. The Bertz CT molecular complexity index is 351. The van der Waals surface area contributed by atoms with Crippen molar-refractivity contribution >= 4 is 11.6 Å². The van der Waals surface area contributed by atoms with E-state index in [0.29, 0.717) is 5.88 Å². The third-order valence-electron chi connectivity index (χ3n) is 4.31. The van der Waals surface area contributed by atoms with Gasteiger partial charge in [0.25, 0.3) is 0 Å². The van der Waals surface area contributed by atoms with Gasteiger partial charge in [-0.2, -0.15) is 0 Å². The molecule has 0 saturated carbocycles. The van der Waals surface area contributed by atoms with Crippen LogP contribution in [0, 0.1) is 0 Å². The van der Waals surface area contributed by atoms with Crippen molar-refractivity contribution in [2.24, 2.45) is 0 Å². The average molecular weight is 326 g/mol. The third-order valence-corrected chi connectivity index (χ3v) is 4.60. The zero-order chi connectivity index (χ0) is 15.2. The van der Waals surface area contributed by atoms with Crippen molar-refractivity contribution in [3.8, 4) is 0 Å². The molecule has 2 heteroatoms. The van der Waals surface area contributed by atoms with Gasteiger partial charge in [-0.1, -0.05) is 95.4 Å². The molecule has 128 valence electrons. The van der Waals surface area contributed by atoms with Gasteiger partial charge in [0.15, 0.2) is 0 Å². The van der Waals surface area contributed by atoms with E-state index in [1.807, 2.05) is 0 Å². The SMILES string of the molecule is CCCCCCCCCCCCCc1ccccc1CCl.N. The molecular weight excluding hydrogens is 290 g/mol. The lowest BCUT2D eigenvalue weighted by molar-refractivity contribution is 0.549. The minimum Gasteiger partial charge on any atom is -0.344 e. The molecule has 0 atom stereocenters. The van der Waals surface area contributed by atoms with Crippen molar-refractivity contribution in [1.82, 2.24) is 6.15 Å². The van der Waals surface area contributed by atoms with Gasteiger partial charge in [0.1, 0.15) is 0 Å². The van der Waals surface area contributed by atoms with Crippen molar-refractivity contribution < 1.29 is 0 Å². The Morgan fingerprint density at radius 1 is 0.682 bits per heavy atom. The highest BCUT2D eigenvalue weighted by Gasteiger charge is 2.00. The Labute approximate surface area is 143 Å². The first-order valence-electron chi connectivity index (χ1n) is 9.01. The second-order valence-electron chi connectivity index (χ2n) is 6.19. The first-order valence-corrected chi connectivity index (χ1v) is 9.54. The van der Waals surface area contributed by atoms with Gasteiger partial charge in [0.2, 0.25) is 0 Å². The maximum Gasteiger partial charge on any atom is 0.0476 e. The number of unbranched alkanes of at least 4 members (excludes halogenated alkanes) is 10. The number of alkyl halides is 1. The number of benzene rings is 1. The highest BCUT2D eigenvalue weighted by molar-refractivity contribution is 6.17. The fourth-order valence-corrected chi connectivity index (χ4v) is 3.17. The van der Waals surface area contributed by atoms with Crippen LogP contribution in [-0.2, 0) is 12.3 Å². The van der Waals surface area contributed by atoms with E-state index in [4.69, 9.17) is 11.6 Å². The van der Waals surface area contributed by atoms with Crippen LogP contribution in [0.5, 0.6) is 0 Å². The van der Waals surface area contributed by atoms with Crippen molar-refractivity contribution in [3.05, 3.63) is 35.4 Å². The predicted molar refractivity (Wildman–Crippen MR) is 101 cm³/mol. The summed E-state index contributed by atoms with van der Waals surface area (Å²) in [5.74, 6) is 0.647. The molecule has 1 rings (SSSR count).